The van der Waals surface area contributed by atoms with Crippen molar-refractivity contribution in [1.29, 1.82) is 0 Å². The van der Waals surface area contributed by atoms with Crippen molar-refractivity contribution in [3.8, 4) is 0 Å². The molecule has 2 aliphatic heterocycles. The lowest BCUT2D eigenvalue weighted by atomic mass is 9.73. The summed E-state index contributed by atoms with van der Waals surface area (Å²) in [6.45, 7) is 9.91. The van der Waals surface area contributed by atoms with Crippen LogP contribution in [-0.2, 0) is 15.1 Å². The SMILES string of the molecule is C/C=C(\C=C(C)C)[C@@]1(c2ccc(N3CCCCC3)cc2)CC(=O)C(C)C(=O)N1. The molecule has 4 heteroatoms. The monoisotopic (exact) mass is 380 g/mol. The van der Waals surface area contributed by atoms with Crippen molar-refractivity contribution in [2.75, 3.05) is 18.0 Å². The lowest BCUT2D eigenvalue weighted by molar-refractivity contribution is -0.139. The summed E-state index contributed by atoms with van der Waals surface area (Å²) in [7, 11) is 0. The predicted molar refractivity (Wildman–Crippen MR) is 114 cm³/mol. The first-order chi connectivity index (χ1) is 13.4. The highest BCUT2D eigenvalue weighted by atomic mass is 16.2. The zero-order valence-electron chi connectivity index (χ0n) is 17.5. The number of rotatable bonds is 4. The van der Waals surface area contributed by atoms with Gasteiger partial charge in [0.1, 0.15) is 5.78 Å². The summed E-state index contributed by atoms with van der Waals surface area (Å²) < 4.78 is 0. The number of hydrogen-bond donors (Lipinski definition) is 1. The van der Waals surface area contributed by atoms with Crippen LogP contribution in [0.15, 0.2) is 47.6 Å². The van der Waals surface area contributed by atoms with Gasteiger partial charge in [-0.3, -0.25) is 9.59 Å². The molecule has 2 atom stereocenters. The molecular formula is C24H32N2O2. The van der Waals surface area contributed by atoms with Gasteiger partial charge in [0.15, 0.2) is 0 Å². The summed E-state index contributed by atoms with van der Waals surface area (Å²) in [6.07, 6.45) is 8.13. The summed E-state index contributed by atoms with van der Waals surface area (Å²) in [6, 6.07) is 8.42. The molecule has 0 aromatic heterocycles. The second-order valence-corrected chi connectivity index (χ2v) is 8.32. The summed E-state index contributed by atoms with van der Waals surface area (Å²) in [4.78, 5) is 27.7. The molecule has 28 heavy (non-hydrogen) atoms. The molecule has 1 unspecified atom stereocenters. The Kier molecular flexibility index (Phi) is 6.07. The normalized spacial score (nSPS) is 26.1. The number of amides is 1. The highest BCUT2D eigenvalue weighted by Gasteiger charge is 2.45. The predicted octanol–water partition coefficient (Wildman–Crippen LogP) is 4.51. The van der Waals surface area contributed by atoms with E-state index < -0.39 is 11.5 Å². The average molecular weight is 381 g/mol. The molecule has 1 N–H and O–H groups in total. The smallest absolute Gasteiger partial charge is 0.231 e. The van der Waals surface area contributed by atoms with Gasteiger partial charge in [-0.15, -0.1) is 0 Å². The first-order valence-electron chi connectivity index (χ1n) is 10.4. The number of nitrogens with zero attached hydrogens (tertiary/aromatic N) is 1. The number of Topliss-reactive ketones (excluding diaryl/α,β-unsaturated/α-hetero) is 1. The second-order valence-electron chi connectivity index (χ2n) is 8.32. The van der Waals surface area contributed by atoms with Crippen LogP contribution in [-0.4, -0.2) is 24.8 Å². The van der Waals surface area contributed by atoms with Gasteiger partial charge in [0.25, 0.3) is 0 Å². The molecule has 1 aromatic carbocycles. The molecular weight excluding hydrogens is 348 g/mol. The maximum Gasteiger partial charge on any atom is 0.231 e. The number of benzene rings is 1. The van der Waals surface area contributed by atoms with Crippen LogP contribution in [0.3, 0.4) is 0 Å². The average Bonchev–Trinajstić information content (AvgIpc) is 2.70. The fraction of sp³-hybridized carbons (Fsp3) is 0.500. The molecule has 1 amide bonds. The van der Waals surface area contributed by atoms with Gasteiger partial charge in [-0.2, -0.15) is 0 Å². The topological polar surface area (TPSA) is 49.4 Å². The fourth-order valence-corrected chi connectivity index (χ4v) is 4.31. The third-order valence-electron chi connectivity index (χ3n) is 5.98. The molecule has 0 bridgehead atoms. The standard InChI is InChI=1S/C24H32N2O2/c1-5-19(15-17(2)3)24(16-22(27)18(4)23(28)25-24)20-9-11-21(12-10-20)26-13-7-6-8-14-26/h5,9-12,15,18H,6-8,13-14,16H2,1-4H3,(H,25,28)/b19-5+/t18?,24-/m1/s1. The molecule has 2 heterocycles. The molecule has 2 fully saturated rings. The Balaban J connectivity index is 2.03. The third kappa shape index (κ3) is 3.91. The van der Waals surface area contributed by atoms with E-state index in [0.717, 1.165) is 29.8 Å². The number of ketones is 1. The Bertz CT molecular complexity index is 776. The van der Waals surface area contributed by atoms with Crippen LogP contribution in [0.5, 0.6) is 0 Å². The summed E-state index contributed by atoms with van der Waals surface area (Å²) in [5, 5.41) is 3.20. The highest BCUT2D eigenvalue weighted by molar-refractivity contribution is 6.05. The number of hydrogen-bond acceptors (Lipinski definition) is 3. The van der Waals surface area contributed by atoms with Crippen molar-refractivity contribution >= 4 is 17.4 Å². The van der Waals surface area contributed by atoms with E-state index in [2.05, 4.69) is 40.6 Å². The summed E-state index contributed by atoms with van der Waals surface area (Å²) in [5.41, 5.74) is 3.48. The molecule has 1 aromatic rings. The van der Waals surface area contributed by atoms with Gasteiger partial charge >= 0.3 is 0 Å². The second kappa shape index (κ2) is 8.34. The van der Waals surface area contributed by atoms with Crippen LogP contribution < -0.4 is 10.2 Å². The zero-order chi connectivity index (χ0) is 20.3. The minimum Gasteiger partial charge on any atom is -0.372 e. The van der Waals surface area contributed by atoms with Gasteiger partial charge in [-0.05, 0) is 70.2 Å². The third-order valence-corrected chi connectivity index (χ3v) is 5.98. The number of piperidine rings is 2. The van der Waals surface area contributed by atoms with Crippen LogP contribution in [0.1, 0.15) is 58.9 Å². The molecule has 2 aliphatic rings. The van der Waals surface area contributed by atoms with Gasteiger partial charge in [-0.1, -0.05) is 29.9 Å². The van der Waals surface area contributed by atoms with Crippen LogP contribution >= 0.6 is 0 Å². The molecule has 4 nitrogen and oxygen atoms in total. The van der Waals surface area contributed by atoms with Gasteiger partial charge in [0.2, 0.25) is 5.91 Å². The maximum atomic E-state index is 12.7. The number of carbonyl (C=O) groups excluding carboxylic acids is 2. The molecule has 0 spiro atoms. The van der Waals surface area contributed by atoms with Crippen LogP contribution in [0.2, 0.25) is 0 Å². The Morgan fingerprint density at radius 1 is 1.11 bits per heavy atom. The van der Waals surface area contributed by atoms with Gasteiger partial charge < -0.3 is 10.2 Å². The minimum atomic E-state index is -0.798. The molecule has 0 aliphatic carbocycles. The Morgan fingerprint density at radius 3 is 2.29 bits per heavy atom. The Hall–Kier alpha value is -2.36. The first-order valence-corrected chi connectivity index (χ1v) is 10.4. The van der Waals surface area contributed by atoms with E-state index >= 15 is 0 Å². The number of carbonyl (C=O) groups is 2. The highest BCUT2D eigenvalue weighted by Crippen LogP contribution is 2.39. The summed E-state index contributed by atoms with van der Waals surface area (Å²) >= 11 is 0. The largest absolute Gasteiger partial charge is 0.372 e. The van der Waals surface area contributed by atoms with Gasteiger partial charge in [0, 0.05) is 25.2 Å². The lowest BCUT2D eigenvalue weighted by Crippen LogP contribution is -2.56. The molecule has 150 valence electrons. The van der Waals surface area contributed by atoms with Crippen LogP contribution in [0, 0.1) is 5.92 Å². The number of allylic oxidation sites excluding steroid dienone is 2. The molecule has 2 saturated heterocycles. The zero-order valence-corrected chi connectivity index (χ0v) is 17.5. The van der Waals surface area contributed by atoms with E-state index in [1.807, 2.05) is 26.8 Å². The van der Waals surface area contributed by atoms with E-state index in [4.69, 9.17) is 0 Å². The number of nitrogens with one attached hydrogen (secondary N) is 1. The van der Waals surface area contributed by atoms with Gasteiger partial charge in [0.05, 0.1) is 11.5 Å². The quantitative estimate of drug-likeness (QED) is 0.618. The number of anilines is 1. The van der Waals surface area contributed by atoms with E-state index in [9.17, 15) is 9.59 Å². The maximum absolute atomic E-state index is 12.7. The van der Waals surface area contributed by atoms with Crippen molar-refractivity contribution in [3.05, 3.63) is 53.1 Å². The van der Waals surface area contributed by atoms with Gasteiger partial charge in [-0.25, -0.2) is 0 Å². The van der Waals surface area contributed by atoms with Crippen LogP contribution in [0.25, 0.3) is 0 Å². The first kappa shape index (κ1) is 20.4. The van der Waals surface area contributed by atoms with Crippen molar-refractivity contribution in [2.24, 2.45) is 5.92 Å². The molecule has 0 saturated carbocycles. The van der Waals surface area contributed by atoms with Crippen molar-refractivity contribution in [3.63, 3.8) is 0 Å². The Morgan fingerprint density at radius 2 is 1.75 bits per heavy atom. The summed E-state index contributed by atoms with van der Waals surface area (Å²) in [5.74, 6) is -0.797. The van der Waals surface area contributed by atoms with E-state index in [0.29, 0.717) is 0 Å². The molecule has 0 radical (unpaired) electrons. The van der Waals surface area contributed by atoms with E-state index in [1.165, 1.54) is 24.9 Å². The lowest BCUT2D eigenvalue weighted by Gasteiger charge is -2.41. The van der Waals surface area contributed by atoms with E-state index in [-0.39, 0.29) is 18.1 Å². The van der Waals surface area contributed by atoms with Crippen molar-refractivity contribution in [2.45, 2.75) is 58.9 Å². The fourth-order valence-electron chi connectivity index (χ4n) is 4.31. The van der Waals surface area contributed by atoms with Crippen LogP contribution in [0.4, 0.5) is 5.69 Å². The van der Waals surface area contributed by atoms with Crippen molar-refractivity contribution in [1.82, 2.24) is 5.32 Å². The van der Waals surface area contributed by atoms with Crippen molar-refractivity contribution < 1.29 is 9.59 Å². The minimum absolute atomic E-state index is 0.00892. The van der Waals surface area contributed by atoms with E-state index in [1.54, 1.807) is 6.92 Å². The molecule has 3 rings (SSSR count). The Labute approximate surface area is 168 Å².